The van der Waals surface area contributed by atoms with Crippen molar-refractivity contribution >= 4 is 28.3 Å². The number of thioether (sulfide) groups is 1. The number of non-ortho nitro benzene ring substituents is 1. The number of hydrogen-bond acceptors (Lipinski definition) is 5. The van der Waals surface area contributed by atoms with Gasteiger partial charge < -0.3 is 10.1 Å². The van der Waals surface area contributed by atoms with E-state index < -0.39 is 4.92 Å². The normalized spacial score (nSPS) is 9.62. The fourth-order valence-electron chi connectivity index (χ4n) is 1.08. The van der Waals surface area contributed by atoms with Crippen LogP contribution in [0.5, 0.6) is 5.75 Å². The molecule has 0 bridgehead atoms. The van der Waals surface area contributed by atoms with Crippen LogP contribution in [0.25, 0.3) is 0 Å². The van der Waals surface area contributed by atoms with Gasteiger partial charge in [-0.2, -0.15) is 0 Å². The van der Waals surface area contributed by atoms with E-state index in [1.807, 2.05) is 0 Å². The van der Waals surface area contributed by atoms with Crippen LogP contribution in [-0.2, 0) is 0 Å². The Kier molecular flexibility index (Phi) is 4.12. The molecule has 0 spiro atoms. The number of benzene rings is 1. The Morgan fingerprint density at radius 1 is 1.62 bits per heavy atom. The summed E-state index contributed by atoms with van der Waals surface area (Å²) in [5, 5.41) is 21.0. The molecule has 0 unspecified atom stereocenters. The second kappa shape index (κ2) is 5.36. The number of methoxy groups -OCH3 is 1. The van der Waals surface area contributed by atoms with Gasteiger partial charge in [0.25, 0.3) is 5.69 Å². The van der Waals surface area contributed by atoms with Crippen molar-refractivity contribution in [2.45, 2.75) is 0 Å². The van der Waals surface area contributed by atoms with E-state index in [2.05, 4.69) is 5.32 Å². The molecule has 0 saturated heterocycles. The maximum atomic E-state index is 10.6. The lowest BCUT2D eigenvalue weighted by Gasteiger charge is -2.09. The molecule has 0 saturated carbocycles. The third-order valence-electron chi connectivity index (χ3n) is 1.85. The minimum Gasteiger partial charge on any atom is -0.495 e. The molecular weight excluding hydrogens is 230 g/mol. The molecule has 0 heterocycles. The molecule has 1 rings (SSSR count). The SMILES string of the molecule is COc1ccc([N+](=O)[O-])cc1NC(=N)SC. The maximum Gasteiger partial charge on any atom is 0.271 e. The second-order valence-corrected chi connectivity index (χ2v) is 3.62. The van der Waals surface area contributed by atoms with E-state index in [9.17, 15) is 10.1 Å². The number of amidine groups is 1. The summed E-state index contributed by atoms with van der Waals surface area (Å²) in [4.78, 5) is 10.1. The zero-order valence-corrected chi connectivity index (χ0v) is 9.63. The molecule has 7 heteroatoms. The van der Waals surface area contributed by atoms with Crippen molar-refractivity contribution in [2.75, 3.05) is 18.7 Å². The molecular formula is C9H11N3O3S. The van der Waals surface area contributed by atoms with Crippen molar-refractivity contribution in [3.05, 3.63) is 28.3 Å². The fraction of sp³-hybridized carbons (Fsp3) is 0.222. The first-order valence-corrected chi connectivity index (χ1v) is 5.53. The predicted molar refractivity (Wildman–Crippen MR) is 64.5 cm³/mol. The van der Waals surface area contributed by atoms with Crippen LogP contribution in [-0.4, -0.2) is 23.5 Å². The van der Waals surface area contributed by atoms with Gasteiger partial charge in [-0.15, -0.1) is 0 Å². The van der Waals surface area contributed by atoms with Gasteiger partial charge in [-0.25, -0.2) is 0 Å². The Balaban J connectivity index is 3.06. The van der Waals surface area contributed by atoms with Gasteiger partial charge in [-0.05, 0) is 12.3 Å². The quantitative estimate of drug-likeness (QED) is 0.367. The van der Waals surface area contributed by atoms with Crippen LogP contribution in [0.1, 0.15) is 0 Å². The largest absolute Gasteiger partial charge is 0.495 e. The highest BCUT2D eigenvalue weighted by Gasteiger charge is 2.11. The summed E-state index contributed by atoms with van der Waals surface area (Å²) in [6.07, 6.45) is 1.74. The molecule has 1 aromatic carbocycles. The smallest absolute Gasteiger partial charge is 0.271 e. The highest BCUT2D eigenvalue weighted by molar-refractivity contribution is 8.13. The molecule has 0 radical (unpaired) electrons. The Labute approximate surface area is 96.7 Å². The number of nitrogens with zero attached hydrogens (tertiary/aromatic N) is 1. The molecule has 0 amide bonds. The maximum absolute atomic E-state index is 10.6. The van der Waals surface area contributed by atoms with Crippen LogP contribution in [0, 0.1) is 15.5 Å². The zero-order valence-electron chi connectivity index (χ0n) is 8.81. The molecule has 6 nitrogen and oxygen atoms in total. The van der Waals surface area contributed by atoms with Crippen LogP contribution < -0.4 is 10.1 Å². The average Bonchev–Trinajstić information content (AvgIpc) is 2.28. The minimum absolute atomic E-state index is 0.0443. The molecule has 2 N–H and O–H groups in total. The Morgan fingerprint density at radius 3 is 2.81 bits per heavy atom. The van der Waals surface area contributed by atoms with Crippen molar-refractivity contribution in [3.63, 3.8) is 0 Å². The van der Waals surface area contributed by atoms with Crippen LogP contribution in [0.2, 0.25) is 0 Å². The molecule has 0 aromatic heterocycles. The molecule has 0 aliphatic carbocycles. The molecule has 0 fully saturated rings. The van der Waals surface area contributed by atoms with Gasteiger partial charge in [0.1, 0.15) is 5.75 Å². The summed E-state index contributed by atoms with van der Waals surface area (Å²) in [5.74, 6) is 0.462. The third kappa shape index (κ3) is 2.86. The monoisotopic (exact) mass is 241 g/mol. The second-order valence-electron chi connectivity index (χ2n) is 2.80. The molecule has 0 aliphatic rings. The molecule has 0 atom stereocenters. The minimum atomic E-state index is -0.493. The first-order chi connectivity index (χ1) is 7.58. The third-order valence-corrected chi connectivity index (χ3v) is 2.36. The summed E-state index contributed by atoms with van der Waals surface area (Å²) in [6.45, 7) is 0. The van der Waals surface area contributed by atoms with Gasteiger partial charge in [0.2, 0.25) is 0 Å². The predicted octanol–water partition coefficient (Wildman–Crippen LogP) is 2.31. The number of hydrogen-bond donors (Lipinski definition) is 2. The standard InChI is InChI=1S/C9H11N3O3S/c1-15-8-4-3-6(12(13)14)5-7(8)11-9(10)16-2/h3-5H,1-2H3,(H2,10,11). The first kappa shape index (κ1) is 12.3. The van der Waals surface area contributed by atoms with E-state index in [0.29, 0.717) is 11.4 Å². The number of ether oxygens (including phenoxy) is 1. The lowest BCUT2D eigenvalue weighted by Crippen LogP contribution is -2.06. The molecule has 16 heavy (non-hydrogen) atoms. The van der Waals surface area contributed by atoms with Gasteiger partial charge >= 0.3 is 0 Å². The first-order valence-electron chi connectivity index (χ1n) is 4.30. The zero-order chi connectivity index (χ0) is 12.1. The number of nitro benzene ring substituents is 1. The lowest BCUT2D eigenvalue weighted by atomic mass is 10.2. The van der Waals surface area contributed by atoms with Gasteiger partial charge in [0.05, 0.1) is 17.7 Å². The summed E-state index contributed by atoms with van der Waals surface area (Å²) in [7, 11) is 1.47. The topological polar surface area (TPSA) is 88.2 Å². The van der Waals surface area contributed by atoms with Gasteiger partial charge in [-0.3, -0.25) is 15.5 Å². The van der Waals surface area contributed by atoms with E-state index in [-0.39, 0.29) is 10.9 Å². The van der Waals surface area contributed by atoms with Gasteiger partial charge in [-0.1, -0.05) is 11.8 Å². The van der Waals surface area contributed by atoms with E-state index in [1.54, 1.807) is 6.26 Å². The number of anilines is 1. The van der Waals surface area contributed by atoms with Crippen LogP contribution in [0.4, 0.5) is 11.4 Å². The van der Waals surface area contributed by atoms with E-state index in [4.69, 9.17) is 10.1 Å². The number of rotatable bonds is 3. The Morgan fingerprint density at radius 2 is 2.31 bits per heavy atom. The van der Waals surface area contributed by atoms with Crippen molar-refractivity contribution < 1.29 is 9.66 Å². The fourth-order valence-corrected chi connectivity index (χ4v) is 1.29. The highest BCUT2D eigenvalue weighted by Crippen LogP contribution is 2.29. The number of nitrogens with one attached hydrogen (secondary N) is 2. The van der Waals surface area contributed by atoms with E-state index in [1.165, 1.54) is 37.1 Å². The molecule has 0 aliphatic heterocycles. The van der Waals surface area contributed by atoms with E-state index >= 15 is 0 Å². The Bertz CT molecular complexity index is 422. The van der Waals surface area contributed by atoms with Crippen LogP contribution in [0.3, 0.4) is 0 Å². The van der Waals surface area contributed by atoms with E-state index in [0.717, 1.165) is 0 Å². The average molecular weight is 241 g/mol. The van der Waals surface area contributed by atoms with Gasteiger partial charge in [0.15, 0.2) is 5.17 Å². The molecule has 1 aromatic rings. The van der Waals surface area contributed by atoms with Crippen molar-refractivity contribution in [2.24, 2.45) is 0 Å². The molecule has 86 valence electrons. The summed E-state index contributed by atoms with van der Waals surface area (Å²) < 4.78 is 5.03. The van der Waals surface area contributed by atoms with Crippen molar-refractivity contribution in [3.8, 4) is 5.75 Å². The van der Waals surface area contributed by atoms with Gasteiger partial charge in [0, 0.05) is 12.1 Å². The lowest BCUT2D eigenvalue weighted by molar-refractivity contribution is -0.384. The van der Waals surface area contributed by atoms with Crippen LogP contribution in [0.15, 0.2) is 18.2 Å². The van der Waals surface area contributed by atoms with Crippen molar-refractivity contribution in [1.82, 2.24) is 0 Å². The summed E-state index contributed by atoms with van der Waals surface area (Å²) >= 11 is 1.20. The highest BCUT2D eigenvalue weighted by atomic mass is 32.2. The van der Waals surface area contributed by atoms with Crippen molar-refractivity contribution in [1.29, 1.82) is 5.41 Å². The van der Waals surface area contributed by atoms with Crippen LogP contribution >= 0.6 is 11.8 Å². The summed E-state index contributed by atoms with van der Waals surface area (Å²) in [5.41, 5.74) is 0.369. The number of nitro groups is 1. The summed E-state index contributed by atoms with van der Waals surface area (Å²) in [6, 6.07) is 4.18. The Hall–Kier alpha value is -1.76.